The van der Waals surface area contributed by atoms with E-state index in [0.717, 1.165) is 19.3 Å². The van der Waals surface area contributed by atoms with Crippen molar-refractivity contribution in [2.45, 2.75) is 37.0 Å². The topological polar surface area (TPSA) is 63.2 Å². The second-order valence-electron chi connectivity index (χ2n) is 5.55. The first kappa shape index (κ1) is 12.7. The molecule has 3 rings (SSSR count). The highest BCUT2D eigenvalue weighted by Gasteiger charge is 2.46. The fourth-order valence-corrected chi connectivity index (χ4v) is 5.25. The quantitative estimate of drug-likeness (QED) is 0.793. The van der Waals surface area contributed by atoms with Gasteiger partial charge in [-0.2, -0.15) is 0 Å². The van der Waals surface area contributed by atoms with Crippen LogP contribution in [-0.2, 0) is 14.6 Å². The molecule has 19 heavy (non-hydrogen) atoms. The number of carbonyl (C=O) groups excluding carboxylic acids is 1. The maximum absolute atomic E-state index is 12.5. The summed E-state index contributed by atoms with van der Waals surface area (Å²) >= 11 is 0. The summed E-state index contributed by atoms with van der Waals surface area (Å²) < 4.78 is 25.0. The van der Waals surface area contributed by atoms with E-state index in [4.69, 9.17) is 0 Å². The molecule has 0 aromatic heterocycles. The van der Waals surface area contributed by atoms with Crippen LogP contribution in [0.1, 0.15) is 32.1 Å². The van der Waals surface area contributed by atoms with E-state index in [9.17, 15) is 13.2 Å². The van der Waals surface area contributed by atoms with Gasteiger partial charge in [0.25, 0.3) is 0 Å². The zero-order chi connectivity index (χ0) is 13.5. The Morgan fingerprint density at radius 2 is 1.74 bits per heavy atom. The summed E-state index contributed by atoms with van der Waals surface area (Å²) in [7, 11) is -3.40. The molecule has 1 aliphatic heterocycles. The number of para-hydroxylation sites is 1. The molecule has 4 nitrogen and oxygen atoms in total. The molecule has 102 valence electrons. The van der Waals surface area contributed by atoms with Crippen LogP contribution in [0.5, 0.6) is 0 Å². The van der Waals surface area contributed by atoms with E-state index in [2.05, 4.69) is 5.32 Å². The third-order valence-electron chi connectivity index (χ3n) is 4.23. The molecule has 0 unspecified atom stereocenters. The van der Waals surface area contributed by atoms with Crippen LogP contribution in [0.2, 0.25) is 0 Å². The van der Waals surface area contributed by atoms with Crippen molar-refractivity contribution in [1.29, 1.82) is 0 Å². The standard InChI is InChI=1S/C14H17NO3S/c16-13-14(8-4-1-5-9-14)10-19(17,18)12-7-3-2-6-11(12)15-13/h2-3,6-7H,1,4-5,8-10H2,(H,15,16). The van der Waals surface area contributed by atoms with Gasteiger partial charge in [0.05, 0.1) is 21.8 Å². The van der Waals surface area contributed by atoms with Crippen LogP contribution in [0.4, 0.5) is 5.69 Å². The molecule has 5 heteroatoms. The van der Waals surface area contributed by atoms with Crippen molar-refractivity contribution in [1.82, 2.24) is 0 Å². The van der Waals surface area contributed by atoms with Crippen LogP contribution >= 0.6 is 0 Å². The number of anilines is 1. The van der Waals surface area contributed by atoms with Crippen molar-refractivity contribution in [2.24, 2.45) is 5.41 Å². The smallest absolute Gasteiger partial charge is 0.231 e. The van der Waals surface area contributed by atoms with Crippen LogP contribution in [0.15, 0.2) is 29.2 Å². The van der Waals surface area contributed by atoms with Crippen molar-refractivity contribution in [2.75, 3.05) is 11.1 Å². The Labute approximate surface area is 113 Å². The second kappa shape index (κ2) is 4.34. The van der Waals surface area contributed by atoms with Crippen LogP contribution < -0.4 is 5.32 Å². The molecule has 1 heterocycles. The van der Waals surface area contributed by atoms with Gasteiger partial charge in [0.2, 0.25) is 5.91 Å². The van der Waals surface area contributed by atoms with Crippen molar-refractivity contribution >= 4 is 21.4 Å². The van der Waals surface area contributed by atoms with Crippen molar-refractivity contribution < 1.29 is 13.2 Å². The number of benzene rings is 1. The molecule has 1 amide bonds. The minimum atomic E-state index is -3.40. The Bertz CT molecular complexity index is 615. The predicted octanol–water partition coefficient (Wildman–Crippen LogP) is 2.36. The molecule has 0 saturated heterocycles. The Hall–Kier alpha value is -1.36. The molecular weight excluding hydrogens is 262 g/mol. The summed E-state index contributed by atoms with van der Waals surface area (Å²) in [5, 5.41) is 2.82. The third-order valence-corrected chi connectivity index (χ3v) is 6.19. The lowest BCUT2D eigenvalue weighted by molar-refractivity contribution is -0.126. The first-order valence-electron chi connectivity index (χ1n) is 6.67. The van der Waals surface area contributed by atoms with Gasteiger partial charge in [0.1, 0.15) is 0 Å². The first-order valence-corrected chi connectivity index (χ1v) is 8.32. The summed E-state index contributed by atoms with van der Waals surface area (Å²) in [5.74, 6) is -0.177. The molecule has 1 saturated carbocycles. The highest BCUT2D eigenvalue weighted by atomic mass is 32.2. The van der Waals surface area contributed by atoms with Crippen LogP contribution in [0.3, 0.4) is 0 Å². The Morgan fingerprint density at radius 1 is 1.05 bits per heavy atom. The van der Waals surface area contributed by atoms with E-state index in [0.29, 0.717) is 18.5 Å². The van der Waals surface area contributed by atoms with Gasteiger partial charge < -0.3 is 5.32 Å². The lowest BCUT2D eigenvalue weighted by Crippen LogP contribution is -2.41. The number of hydrogen-bond donors (Lipinski definition) is 1. The van der Waals surface area contributed by atoms with Crippen LogP contribution in [0, 0.1) is 5.41 Å². The first-order chi connectivity index (χ1) is 9.04. The van der Waals surface area contributed by atoms with Crippen LogP contribution in [0.25, 0.3) is 0 Å². The molecule has 0 bridgehead atoms. The van der Waals surface area contributed by atoms with Gasteiger partial charge in [0.15, 0.2) is 9.84 Å². The molecular formula is C14H17NO3S. The average Bonchev–Trinajstić information content (AvgIpc) is 2.46. The molecule has 0 atom stereocenters. The largest absolute Gasteiger partial charge is 0.324 e. The van der Waals surface area contributed by atoms with E-state index in [1.54, 1.807) is 24.3 Å². The molecule has 1 aromatic rings. The average molecular weight is 279 g/mol. The van der Waals surface area contributed by atoms with E-state index in [-0.39, 0.29) is 16.6 Å². The zero-order valence-electron chi connectivity index (χ0n) is 10.7. The molecule has 1 N–H and O–H groups in total. The van der Waals surface area contributed by atoms with Gasteiger partial charge in [-0.3, -0.25) is 4.79 Å². The molecule has 1 aliphatic carbocycles. The summed E-state index contributed by atoms with van der Waals surface area (Å²) in [5.41, 5.74) is -0.300. The fourth-order valence-electron chi connectivity index (χ4n) is 3.20. The normalized spacial score (nSPS) is 24.3. The fraction of sp³-hybridized carbons (Fsp3) is 0.500. The number of fused-ring (bicyclic) bond motifs is 1. The Kier molecular flexibility index (Phi) is 2.89. The van der Waals surface area contributed by atoms with Gasteiger partial charge in [-0.1, -0.05) is 31.4 Å². The maximum Gasteiger partial charge on any atom is 0.231 e. The highest BCUT2D eigenvalue weighted by molar-refractivity contribution is 7.91. The zero-order valence-corrected chi connectivity index (χ0v) is 11.5. The SMILES string of the molecule is O=C1Nc2ccccc2S(=O)(=O)CC12CCCCC2. The van der Waals surface area contributed by atoms with Gasteiger partial charge in [-0.15, -0.1) is 0 Å². The van der Waals surface area contributed by atoms with E-state index in [1.807, 2.05) is 0 Å². The number of sulfone groups is 1. The minimum Gasteiger partial charge on any atom is -0.324 e. The third kappa shape index (κ3) is 2.06. The van der Waals surface area contributed by atoms with Gasteiger partial charge in [-0.05, 0) is 25.0 Å². The van der Waals surface area contributed by atoms with Gasteiger partial charge in [0, 0.05) is 0 Å². The van der Waals surface area contributed by atoms with Crippen molar-refractivity contribution in [3.63, 3.8) is 0 Å². The highest BCUT2D eigenvalue weighted by Crippen LogP contribution is 2.42. The summed E-state index contributed by atoms with van der Waals surface area (Å²) in [6.07, 6.45) is 4.29. The predicted molar refractivity (Wildman–Crippen MR) is 72.6 cm³/mol. The lowest BCUT2D eigenvalue weighted by atomic mass is 9.75. The van der Waals surface area contributed by atoms with E-state index in [1.165, 1.54) is 0 Å². The van der Waals surface area contributed by atoms with Crippen molar-refractivity contribution in [3.05, 3.63) is 24.3 Å². The van der Waals surface area contributed by atoms with E-state index < -0.39 is 15.3 Å². The second-order valence-corrected chi connectivity index (χ2v) is 7.51. The summed E-state index contributed by atoms with van der Waals surface area (Å²) in [6, 6.07) is 6.67. The summed E-state index contributed by atoms with van der Waals surface area (Å²) in [6.45, 7) is 0. The van der Waals surface area contributed by atoms with Gasteiger partial charge in [-0.25, -0.2) is 8.42 Å². The molecule has 2 aliphatic rings. The Balaban J connectivity index is 2.11. The maximum atomic E-state index is 12.5. The van der Waals surface area contributed by atoms with Gasteiger partial charge >= 0.3 is 0 Å². The number of carbonyl (C=O) groups is 1. The monoisotopic (exact) mass is 279 g/mol. The van der Waals surface area contributed by atoms with E-state index >= 15 is 0 Å². The van der Waals surface area contributed by atoms with Crippen LogP contribution in [-0.4, -0.2) is 20.1 Å². The molecule has 1 fully saturated rings. The number of amides is 1. The molecule has 1 spiro atoms. The molecule has 0 radical (unpaired) electrons. The Morgan fingerprint density at radius 3 is 2.47 bits per heavy atom. The minimum absolute atomic E-state index is 0.0527. The van der Waals surface area contributed by atoms with Crippen molar-refractivity contribution in [3.8, 4) is 0 Å². The number of nitrogens with one attached hydrogen (secondary N) is 1. The lowest BCUT2D eigenvalue weighted by Gasteiger charge is -2.33. The number of hydrogen-bond acceptors (Lipinski definition) is 3. The number of rotatable bonds is 0. The summed E-state index contributed by atoms with van der Waals surface area (Å²) in [4.78, 5) is 12.7. The molecule has 1 aromatic carbocycles.